The zero-order valence-electron chi connectivity index (χ0n) is 18.6. The van der Waals surface area contributed by atoms with Gasteiger partial charge in [-0.1, -0.05) is 6.08 Å². The van der Waals surface area contributed by atoms with Gasteiger partial charge >= 0.3 is 5.97 Å². The Morgan fingerprint density at radius 1 is 1.47 bits per heavy atom. The second kappa shape index (κ2) is 8.19. The molecular weight excluding hydrogens is 404 g/mol. The molecule has 3 rings (SSSR count). The topological polar surface area (TPSA) is 87.2 Å². The lowest BCUT2D eigenvalue weighted by molar-refractivity contribution is -0.154. The predicted octanol–water partition coefficient (Wildman–Crippen LogP) is 1.83. The summed E-state index contributed by atoms with van der Waals surface area (Å²) < 4.78 is 4.65. The number of rotatable bonds is 7. The van der Waals surface area contributed by atoms with Gasteiger partial charge in [0.1, 0.15) is 6.04 Å². The van der Waals surface area contributed by atoms with Crippen molar-refractivity contribution >= 4 is 29.5 Å². The quantitative estimate of drug-likeness (QED) is 0.482. The molecule has 3 saturated heterocycles. The van der Waals surface area contributed by atoms with Crippen molar-refractivity contribution in [3.8, 4) is 0 Å². The van der Waals surface area contributed by atoms with Crippen LogP contribution in [0.3, 0.4) is 0 Å². The van der Waals surface area contributed by atoms with E-state index in [-0.39, 0.29) is 36.2 Å². The van der Waals surface area contributed by atoms with E-state index in [0.717, 1.165) is 6.42 Å². The molecule has 0 aromatic heterocycles. The van der Waals surface area contributed by atoms with Crippen molar-refractivity contribution in [1.29, 1.82) is 0 Å². The lowest BCUT2D eigenvalue weighted by Crippen LogP contribution is -2.60. The normalized spacial score (nSPS) is 33.4. The molecule has 30 heavy (non-hydrogen) atoms. The first-order chi connectivity index (χ1) is 14.0. The molecule has 0 saturated carbocycles. The van der Waals surface area contributed by atoms with Gasteiger partial charge in [-0.25, -0.2) is 0 Å². The van der Waals surface area contributed by atoms with Crippen LogP contribution < -0.4 is 0 Å². The van der Waals surface area contributed by atoms with E-state index in [4.69, 9.17) is 4.74 Å². The summed E-state index contributed by atoms with van der Waals surface area (Å²) in [6.45, 7) is 13.6. The van der Waals surface area contributed by atoms with E-state index >= 15 is 0 Å². The minimum absolute atomic E-state index is 0.0117. The molecule has 168 valence electrons. The SMILES string of the molecule is C=CCN(C(=O)C1N([C@H](C)CO)C(=O)[C@@H]2[C@@H](C(=O)OCC)[C@H]3CCC12S3)C(C)(C)C. The van der Waals surface area contributed by atoms with Crippen LogP contribution in [-0.2, 0) is 19.1 Å². The van der Waals surface area contributed by atoms with Crippen molar-refractivity contribution in [2.24, 2.45) is 11.8 Å². The fraction of sp³-hybridized carbons (Fsp3) is 0.773. The molecule has 8 heteroatoms. The Balaban J connectivity index is 2.09. The maximum absolute atomic E-state index is 14.0. The van der Waals surface area contributed by atoms with E-state index in [2.05, 4.69) is 6.58 Å². The molecule has 3 fully saturated rings. The number of ether oxygens (including phenoxy) is 1. The number of amides is 2. The highest BCUT2D eigenvalue weighted by atomic mass is 32.2. The number of aliphatic hydroxyl groups excluding tert-OH is 1. The number of fused-ring (bicyclic) bond motifs is 1. The second-order valence-electron chi connectivity index (χ2n) is 9.49. The van der Waals surface area contributed by atoms with Crippen LogP contribution in [0.15, 0.2) is 12.7 Å². The van der Waals surface area contributed by atoms with E-state index in [1.807, 2.05) is 20.8 Å². The maximum atomic E-state index is 14.0. The van der Waals surface area contributed by atoms with Gasteiger partial charge in [0.25, 0.3) is 0 Å². The number of hydrogen-bond acceptors (Lipinski definition) is 6. The highest BCUT2D eigenvalue weighted by Crippen LogP contribution is 2.67. The lowest BCUT2D eigenvalue weighted by Gasteiger charge is -2.43. The third-order valence-corrected chi connectivity index (χ3v) is 8.61. The van der Waals surface area contributed by atoms with Crippen LogP contribution in [-0.4, -0.2) is 80.1 Å². The van der Waals surface area contributed by atoms with Crippen molar-refractivity contribution in [1.82, 2.24) is 9.80 Å². The van der Waals surface area contributed by atoms with Gasteiger partial charge in [0.15, 0.2) is 0 Å². The fourth-order valence-electron chi connectivity index (χ4n) is 5.41. The van der Waals surface area contributed by atoms with Crippen LogP contribution in [0.5, 0.6) is 0 Å². The summed E-state index contributed by atoms with van der Waals surface area (Å²) >= 11 is 1.61. The Hall–Kier alpha value is -1.54. The number of carbonyl (C=O) groups excluding carboxylic acids is 3. The first kappa shape index (κ1) is 23.1. The van der Waals surface area contributed by atoms with Crippen molar-refractivity contribution in [2.45, 2.75) is 75.1 Å². The van der Waals surface area contributed by atoms with Gasteiger partial charge < -0.3 is 19.6 Å². The molecule has 0 radical (unpaired) electrons. The van der Waals surface area contributed by atoms with Gasteiger partial charge in [0.2, 0.25) is 11.8 Å². The zero-order chi connectivity index (χ0) is 22.4. The number of esters is 1. The molecule has 1 spiro atoms. The van der Waals surface area contributed by atoms with Gasteiger partial charge in [-0.05, 0) is 47.5 Å². The van der Waals surface area contributed by atoms with Crippen molar-refractivity contribution < 1.29 is 24.2 Å². The molecule has 3 aliphatic heterocycles. The van der Waals surface area contributed by atoms with Crippen LogP contribution in [0.2, 0.25) is 0 Å². The summed E-state index contributed by atoms with van der Waals surface area (Å²) in [7, 11) is 0. The predicted molar refractivity (Wildman–Crippen MR) is 116 cm³/mol. The standard InChI is InChI=1S/C22H34N2O5S/c1-7-11-23(21(4,5)6)19(27)17-22-10-9-14(30-22)15(20(28)29-8-2)16(22)18(26)24(17)13(3)12-25/h7,13-17,25H,1,8-12H2,2-6H3/t13-,14-,15+,16+,17?,22?/m1/s1. The fourth-order valence-corrected chi connectivity index (χ4v) is 7.60. The third-order valence-electron chi connectivity index (χ3n) is 6.66. The number of hydrogen-bond donors (Lipinski definition) is 1. The van der Waals surface area contributed by atoms with Gasteiger partial charge in [0.05, 0.1) is 35.8 Å². The molecular formula is C22H34N2O5S. The van der Waals surface area contributed by atoms with Crippen LogP contribution in [0.1, 0.15) is 47.5 Å². The summed E-state index contributed by atoms with van der Waals surface area (Å²) in [5.74, 6) is -1.83. The van der Waals surface area contributed by atoms with Crippen molar-refractivity contribution in [3.05, 3.63) is 12.7 Å². The molecule has 2 amide bonds. The monoisotopic (exact) mass is 438 g/mol. The smallest absolute Gasteiger partial charge is 0.310 e. The van der Waals surface area contributed by atoms with E-state index < -0.39 is 34.2 Å². The summed E-state index contributed by atoms with van der Waals surface area (Å²) in [5, 5.41) is 9.86. The third kappa shape index (κ3) is 3.36. The molecule has 0 aromatic rings. The molecule has 2 bridgehead atoms. The molecule has 1 N–H and O–H groups in total. The molecule has 3 heterocycles. The average Bonchev–Trinajstić information content (AvgIpc) is 3.31. The summed E-state index contributed by atoms with van der Waals surface area (Å²) in [6.07, 6.45) is 3.17. The number of carbonyl (C=O) groups is 3. The van der Waals surface area contributed by atoms with Gasteiger partial charge in [-0.2, -0.15) is 0 Å². The van der Waals surface area contributed by atoms with Crippen molar-refractivity contribution in [2.75, 3.05) is 19.8 Å². The summed E-state index contributed by atoms with van der Waals surface area (Å²) in [4.78, 5) is 43.7. The Morgan fingerprint density at radius 3 is 2.67 bits per heavy atom. The first-order valence-electron chi connectivity index (χ1n) is 10.7. The minimum Gasteiger partial charge on any atom is -0.466 e. The van der Waals surface area contributed by atoms with Crippen LogP contribution in [0, 0.1) is 11.8 Å². The summed E-state index contributed by atoms with van der Waals surface area (Å²) in [5.41, 5.74) is -0.459. The van der Waals surface area contributed by atoms with Crippen molar-refractivity contribution in [3.63, 3.8) is 0 Å². The molecule has 3 aliphatic rings. The van der Waals surface area contributed by atoms with Crippen LogP contribution >= 0.6 is 11.8 Å². The number of nitrogens with zero attached hydrogens (tertiary/aromatic N) is 2. The average molecular weight is 439 g/mol. The Morgan fingerprint density at radius 2 is 2.13 bits per heavy atom. The highest BCUT2D eigenvalue weighted by molar-refractivity contribution is 8.02. The zero-order valence-corrected chi connectivity index (χ0v) is 19.4. The maximum Gasteiger partial charge on any atom is 0.310 e. The first-order valence-corrected chi connectivity index (χ1v) is 11.6. The van der Waals surface area contributed by atoms with Crippen LogP contribution in [0.4, 0.5) is 0 Å². The van der Waals surface area contributed by atoms with Gasteiger partial charge in [-0.15, -0.1) is 18.3 Å². The number of thioether (sulfide) groups is 1. The summed E-state index contributed by atoms with van der Waals surface area (Å²) in [6, 6.07) is -1.23. The van der Waals surface area contributed by atoms with Gasteiger partial charge in [-0.3, -0.25) is 14.4 Å². The Kier molecular flexibility index (Phi) is 6.31. The minimum atomic E-state index is -0.717. The van der Waals surface area contributed by atoms with Gasteiger partial charge in [0, 0.05) is 17.3 Å². The number of likely N-dealkylation sites (tertiary alicyclic amines) is 1. The second-order valence-corrected chi connectivity index (χ2v) is 11.1. The molecule has 7 nitrogen and oxygen atoms in total. The lowest BCUT2D eigenvalue weighted by atomic mass is 9.71. The van der Waals surface area contributed by atoms with E-state index in [9.17, 15) is 19.5 Å². The number of aliphatic hydroxyl groups is 1. The van der Waals surface area contributed by atoms with E-state index in [0.29, 0.717) is 13.0 Å². The van der Waals surface area contributed by atoms with Crippen LogP contribution in [0.25, 0.3) is 0 Å². The van der Waals surface area contributed by atoms with E-state index in [1.165, 1.54) is 0 Å². The Bertz CT molecular complexity index is 736. The molecule has 2 unspecified atom stereocenters. The molecule has 0 aliphatic carbocycles. The Labute approximate surface area is 183 Å². The largest absolute Gasteiger partial charge is 0.466 e. The molecule has 0 aromatic carbocycles. The molecule has 6 atom stereocenters. The highest BCUT2D eigenvalue weighted by Gasteiger charge is 2.74. The van der Waals surface area contributed by atoms with E-state index in [1.54, 1.807) is 41.5 Å².